The lowest BCUT2D eigenvalue weighted by atomic mass is 9.91. The molecule has 3 rings (SSSR count). The highest BCUT2D eigenvalue weighted by atomic mass is 14.9. The Bertz CT molecular complexity index is 572. The second-order valence-corrected chi connectivity index (χ2v) is 5.32. The van der Waals surface area contributed by atoms with Gasteiger partial charge < -0.3 is 5.32 Å². The normalized spacial score (nSPS) is 14.2. The van der Waals surface area contributed by atoms with E-state index in [0.29, 0.717) is 0 Å². The van der Waals surface area contributed by atoms with Gasteiger partial charge in [-0.2, -0.15) is 0 Å². The standard InChI is InChI=1S/C18H21N/c1-2-5-14-6-3-8-16(12-14)17-9-4-7-15-10-11-19-13-18(15)17/h3-4,6-9,12,19H,2,5,10-11,13H2,1H3. The fourth-order valence-electron chi connectivity index (χ4n) is 2.97. The average Bonchev–Trinajstić information content (AvgIpc) is 2.47. The summed E-state index contributed by atoms with van der Waals surface area (Å²) in [4.78, 5) is 0. The largest absolute Gasteiger partial charge is 0.312 e. The summed E-state index contributed by atoms with van der Waals surface area (Å²) in [5.41, 5.74) is 7.22. The molecule has 98 valence electrons. The van der Waals surface area contributed by atoms with Crippen LogP contribution in [0.1, 0.15) is 30.0 Å². The van der Waals surface area contributed by atoms with Gasteiger partial charge in [0.15, 0.2) is 0 Å². The zero-order valence-electron chi connectivity index (χ0n) is 11.6. The molecule has 2 aromatic carbocycles. The molecule has 1 aliphatic heterocycles. The number of benzene rings is 2. The zero-order chi connectivity index (χ0) is 13.1. The Balaban J connectivity index is 2.04. The van der Waals surface area contributed by atoms with Gasteiger partial charge in [0, 0.05) is 6.54 Å². The minimum Gasteiger partial charge on any atom is -0.312 e. The van der Waals surface area contributed by atoms with Crippen molar-refractivity contribution >= 4 is 0 Å². The third-order valence-corrected chi connectivity index (χ3v) is 3.92. The van der Waals surface area contributed by atoms with Crippen molar-refractivity contribution in [1.82, 2.24) is 5.32 Å². The Hall–Kier alpha value is -1.60. The van der Waals surface area contributed by atoms with E-state index in [2.05, 4.69) is 54.7 Å². The molecule has 1 heteroatoms. The van der Waals surface area contributed by atoms with Gasteiger partial charge in [0.25, 0.3) is 0 Å². The number of rotatable bonds is 3. The lowest BCUT2D eigenvalue weighted by Gasteiger charge is -2.20. The summed E-state index contributed by atoms with van der Waals surface area (Å²) in [6, 6.07) is 15.8. The topological polar surface area (TPSA) is 12.0 Å². The molecule has 0 saturated carbocycles. The molecule has 0 atom stereocenters. The van der Waals surface area contributed by atoms with Crippen LogP contribution in [0.25, 0.3) is 11.1 Å². The number of fused-ring (bicyclic) bond motifs is 1. The van der Waals surface area contributed by atoms with Crippen molar-refractivity contribution in [3.8, 4) is 11.1 Å². The maximum absolute atomic E-state index is 3.49. The molecule has 1 heterocycles. The maximum atomic E-state index is 3.49. The number of aryl methyl sites for hydroxylation is 1. The summed E-state index contributed by atoms with van der Waals surface area (Å²) in [5.74, 6) is 0. The predicted octanol–water partition coefficient (Wildman–Crippen LogP) is 3.95. The Morgan fingerprint density at radius 2 is 2.00 bits per heavy atom. The van der Waals surface area contributed by atoms with Crippen molar-refractivity contribution in [3.63, 3.8) is 0 Å². The molecule has 0 aliphatic carbocycles. The van der Waals surface area contributed by atoms with Gasteiger partial charge in [0.2, 0.25) is 0 Å². The van der Waals surface area contributed by atoms with Crippen LogP contribution in [0, 0.1) is 0 Å². The van der Waals surface area contributed by atoms with Gasteiger partial charge in [-0.05, 0) is 47.2 Å². The highest BCUT2D eigenvalue weighted by Crippen LogP contribution is 2.29. The molecular formula is C18H21N. The maximum Gasteiger partial charge on any atom is 0.0214 e. The second-order valence-electron chi connectivity index (χ2n) is 5.32. The summed E-state index contributed by atoms with van der Waals surface area (Å²) in [6.07, 6.45) is 3.52. The third kappa shape index (κ3) is 2.57. The lowest BCUT2D eigenvalue weighted by Crippen LogP contribution is -2.24. The van der Waals surface area contributed by atoms with Crippen molar-refractivity contribution in [2.75, 3.05) is 6.54 Å². The molecule has 0 unspecified atom stereocenters. The van der Waals surface area contributed by atoms with E-state index in [-0.39, 0.29) is 0 Å². The quantitative estimate of drug-likeness (QED) is 0.871. The van der Waals surface area contributed by atoms with Crippen LogP contribution in [0.4, 0.5) is 0 Å². The smallest absolute Gasteiger partial charge is 0.0214 e. The molecule has 0 aromatic heterocycles. The molecule has 0 amide bonds. The van der Waals surface area contributed by atoms with Crippen molar-refractivity contribution in [1.29, 1.82) is 0 Å². The Morgan fingerprint density at radius 1 is 1.11 bits per heavy atom. The van der Waals surface area contributed by atoms with Crippen LogP contribution in [0.15, 0.2) is 42.5 Å². The third-order valence-electron chi connectivity index (χ3n) is 3.92. The summed E-state index contributed by atoms with van der Waals surface area (Å²) >= 11 is 0. The van der Waals surface area contributed by atoms with E-state index in [9.17, 15) is 0 Å². The van der Waals surface area contributed by atoms with E-state index < -0.39 is 0 Å². The first kappa shape index (κ1) is 12.4. The van der Waals surface area contributed by atoms with Crippen LogP contribution < -0.4 is 5.32 Å². The first-order chi connectivity index (χ1) is 9.38. The monoisotopic (exact) mass is 251 g/mol. The van der Waals surface area contributed by atoms with Gasteiger partial charge in [-0.1, -0.05) is 55.8 Å². The minimum absolute atomic E-state index is 1.00. The van der Waals surface area contributed by atoms with Gasteiger partial charge in [-0.3, -0.25) is 0 Å². The Labute approximate surface area is 115 Å². The van der Waals surface area contributed by atoms with Gasteiger partial charge in [-0.25, -0.2) is 0 Å². The summed E-state index contributed by atoms with van der Waals surface area (Å²) in [7, 11) is 0. The van der Waals surface area contributed by atoms with Crippen LogP contribution in [0.3, 0.4) is 0 Å². The van der Waals surface area contributed by atoms with E-state index in [1.165, 1.54) is 40.7 Å². The van der Waals surface area contributed by atoms with E-state index in [1.807, 2.05) is 0 Å². The molecule has 2 aromatic rings. The highest BCUT2D eigenvalue weighted by Gasteiger charge is 2.13. The van der Waals surface area contributed by atoms with Gasteiger partial charge in [-0.15, -0.1) is 0 Å². The van der Waals surface area contributed by atoms with Crippen molar-refractivity contribution in [2.24, 2.45) is 0 Å². The van der Waals surface area contributed by atoms with Crippen LogP contribution >= 0.6 is 0 Å². The minimum atomic E-state index is 1.00. The molecule has 19 heavy (non-hydrogen) atoms. The summed E-state index contributed by atoms with van der Waals surface area (Å²) in [6.45, 7) is 4.34. The van der Waals surface area contributed by atoms with Gasteiger partial charge in [0.05, 0.1) is 0 Å². The molecule has 0 spiro atoms. The first-order valence-electron chi connectivity index (χ1n) is 7.29. The second kappa shape index (κ2) is 5.58. The number of nitrogens with one attached hydrogen (secondary N) is 1. The molecule has 0 bridgehead atoms. The molecule has 0 radical (unpaired) electrons. The Kier molecular flexibility index (Phi) is 3.65. The lowest BCUT2D eigenvalue weighted by molar-refractivity contribution is 0.645. The molecular weight excluding hydrogens is 230 g/mol. The van der Waals surface area contributed by atoms with Crippen molar-refractivity contribution < 1.29 is 0 Å². The van der Waals surface area contributed by atoms with Crippen molar-refractivity contribution in [2.45, 2.75) is 32.7 Å². The van der Waals surface area contributed by atoms with Crippen LogP contribution in [0.2, 0.25) is 0 Å². The molecule has 1 nitrogen and oxygen atoms in total. The SMILES string of the molecule is CCCc1cccc(-c2cccc3c2CNCC3)c1. The van der Waals surface area contributed by atoms with Crippen molar-refractivity contribution in [3.05, 3.63) is 59.2 Å². The fourth-order valence-corrected chi connectivity index (χ4v) is 2.97. The number of hydrogen-bond donors (Lipinski definition) is 1. The first-order valence-corrected chi connectivity index (χ1v) is 7.29. The van der Waals surface area contributed by atoms with Crippen LogP contribution in [-0.2, 0) is 19.4 Å². The van der Waals surface area contributed by atoms with E-state index in [4.69, 9.17) is 0 Å². The Morgan fingerprint density at radius 3 is 2.89 bits per heavy atom. The van der Waals surface area contributed by atoms with Crippen LogP contribution in [0.5, 0.6) is 0 Å². The van der Waals surface area contributed by atoms with Crippen LogP contribution in [-0.4, -0.2) is 6.54 Å². The van der Waals surface area contributed by atoms with E-state index in [0.717, 1.165) is 19.5 Å². The molecule has 0 saturated heterocycles. The predicted molar refractivity (Wildman–Crippen MR) is 81.3 cm³/mol. The molecule has 0 fully saturated rings. The molecule has 1 aliphatic rings. The zero-order valence-corrected chi connectivity index (χ0v) is 11.6. The van der Waals surface area contributed by atoms with E-state index in [1.54, 1.807) is 0 Å². The van der Waals surface area contributed by atoms with Gasteiger partial charge >= 0.3 is 0 Å². The molecule has 1 N–H and O–H groups in total. The van der Waals surface area contributed by atoms with E-state index >= 15 is 0 Å². The average molecular weight is 251 g/mol. The highest BCUT2D eigenvalue weighted by molar-refractivity contribution is 5.69. The number of hydrogen-bond acceptors (Lipinski definition) is 1. The van der Waals surface area contributed by atoms with Gasteiger partial charge in [0.1, 0.15) is 0 Å². The summed E-state index contributed by atoms with van der Waals surface area (Å²) < 4.78 is 0. The summed E-state index contributed by atoms with van der Waals surface area (Å²) in [5, 5.41) is 3.49. The fraction of sp³-hybridized carbons (Fsp3) is 0.333.